The average molecular weight is 394 g/mol. The van der Waals surface area contributed by atoms with E-state index < -0.39 is 29.7 Å². The molecule has 0 aromatic heterocycles. The summed E-state index contributed by atoms with van der Waals surface area (Å²) in [6.45, 7) is 1.62. The fourth-order valence-corrected chi connectivity index (χ4v) is 3.35. The van der Waals surface area contributed by atoms with E-state index >= 15 is 0 Å². The number of rotatable bonds is 7. The maximum atomic E-state index is 13.2. The van der Waals surface area contributed by atoms with E-state index in [2.05, 4.69) is 0 Å². The van der Waals surface area contributed by atoms with Crippen molar-refractivity contribution in [1.29, 1.82) is 0 Å². The Kier molecular flexibility index (Phi) is 6.07. The summed E-state index contributed by atoms with van der Waals surface area (Å²) in [5.41, 5.74) is 1.35. The van der Waals surface area contributed by atoms with Crippen LogP contribution in [0.3, 0.4) is 0 Å². The van der Waals surface area contributed by atoms with Crippen molar-refractivity contribution >= 4 is 23.7 Å². The molecule has 29 heavy (non-hydrogen) atoms. The minimum atomic E-state index is -1.07. The summed E-state index contributed by atoms with van der Waals surface area (Å²) in [5, 5.41) is 0. The van der Waals surface area contributed by atoms with E-state index in [1.54, 1.807) is 31.2 Å². The van der Waals surface area contributed by atoms with Crippen LogP contribution in [-0.2, 0) is 20.7 Å². The summed E-state index contributed by atoms with van der Waals surface area (Å²) in [6.07, 6.45) is 0.151. The lowest BCUT2D eigenvalue weighted by Gasteiger charge is -2.29. The van der Waals surface area contributed by atoms with Crippen LogP contribution in [-0.4, -0.2) is 59.7 Å². The van der Waals surface area contributed by atoms with Gasteiger partial charge in [0.1, 0.15) is 12.6 Å². The third-order valence-electron chi connectivity index (χ3n) is 4.74. The molecule has 1 unspecified atom stereocenters. The number of benzene rings is 2. The molecule has 0 radical (unpaired) electrons. The minimum Gasteiger partial charge on any atom is -0.465 e. The van der Waals surface area contributed by atoms with E-state index in [0.717, 1.165) is 10.5 Å². The highest BCUT2D eigenvalue weighted by atomic mass is 16.5. The molecule has 0 saturated heterocycles. The highest BCUT2D eigenvalue weighted by molar-refractivity contribution is 6.22. The number of carbonyl (C=O) groups excluding carboxylic acids is 4. The number of fused-ring (bicyclic) bond motifs is 1. The summed E-state index contributed by atoms with van der Waals surface area (Å²) in [5.74, 6) is -2.07. The largest absolute Gasteiger partial charge is 0.465 e. The van der Waals surface area contributed by atoms with Crippen molar-refractivity contribution in [2.24, 2.45) is 0 Å². The minimum absolute atomic E-state index is 0.151. The van der Waals surface area contributed by atoms with Gasteiger partial charge in [-0.15, -0.1) is 0 Å². The second-order valence-electron chi connectivity index (χ2n) is 6.73. The maximum absolute atomic E-state index is 13.2. The molecule has 7 nitrogen and oxygen atoms in total. The van der Waals surface area contributed by atoms with E-state index in [0.29, 0.717) is 0 Å². The smallest absolute Gasteiger partial charge is 0.325 e. The Morgan fingerprint density at radius 2 is 1.52 bits per heavy atom. The van der Waals surface area contributed by atoms with E-state index in [4.69, 9.17) is 4.74 Å². The number of likely N-dealkylation sites (N-methyl/N-ethyl adjacent to an activating group) is 1. The molecule has 0 spiro atoms. The molecule has 1 aliphatic heterocycles. The van der Waals surface area contributed by atoms with Crippen molar-refractivity contribution in [3.05, 3.63) is 71.3 Å². The lowest BCUT2D eigenvalue weighted by atomic mass is 10.0. The Bertz CT molecular complexity index is 906. The molecule has 1 aliphatic rings. The lowest BCUT2D eigenvalue weighted by Crippen LogP contribution is -2.52. The quantitative estimate of drug-likeness (QED) is 0.529. The van der Waals surface area contributed by atoms with Gasteiger partial charge in [-0.25, -0.2) is 0 Å². The third-order valence-corrected chi connectivity index (χ3v) is 4.74. The second kappa shape index (κ2) is 8.68. The Hall–Kier alpha value is -3.48. The number of ether oxygens (including phenoxy) is 1. The zero-order valence-corrected chi connectivity index (χ0v) is 16.3. The van der Waals surface area contributed by atoms with Crippen molar-refractivity contribution in [3.8, 4) is 0 Å². The number of hydrogen-bond donors (Lipinski definition) is 0. The van der Waals surface area contributed by atoms with Crippen LogP contribution in [0.1, 0.15) is 33.2 Å². The predicted molar refractivity (Wildman–Crippen MR) is 105 cm³/mol. The van der Waals surface area contributed by atoms with E-state index in [1.165, 1.54) is 11.9 Å². The first kappa shape index (κ1) is 20.3. The van der Waals surface area contributed by atoms with Gasteiger partial charge in [0.15, 0.2) is 0 Å². The average Bonchev–Trinajstić information content (AvgIpc) is 2.97. The van der Waals surface area contributed by atoms with Gasteiger partial charge >= 0.3 is 5.97 Å². The van der Waals surface area contributed by atoms with Gasteiger partial charge in [0.2, 0.25) is 5.91 Å². The van der Waals surface area contributed by atoms with Crippen molar-refractivity contribution in [3.63, 3.8) is 0 Å². The predicted octanol–water partition coefficient (Wildman–Crippen LogP) is 1.92. The van der Waals surface area contributed by atoms with Crippen LogP contribution in [0.15, 0.2) is 54.6 Å². The number of hydrogen-bond acceptors (Lipinski definition) is 5. The second-order valence-corrected chi connectivity index (χ2v) is 6.73. The van der Waals surface area contributed by atoms with Crippen LogP contribution < -0.4 is 0 Å². The van der Waals surface area contributed by atoms with Crippen LogP contribution >= 0.6 is 0 Å². The standard InChI is InChI=1S/C22H22N2O5/c1-3-29-19(25)14-23(2)22(28)18(13-15-9-5-4-6-10-15)24-20(26)16-11-7-8-12-17(16)21(24)27/h4-12,18H,3,13-14H2,1-2H3. The number of carbonyl (C=O) groups is 4. The Morgan fingerprint density at radius 1 is 0.966 bits per heavy atom. The topological polar surface area (TPSA) is 84.0 Å². The van der Waals surface area contributed by atoms with Gasteiger partial charge in [0, 0.05) is 13.5 Å². The normalized spacial score (nSPS) is 13.8. The summed E-state index contributed by atoms with van der Waals surface area (Å²) < 4.78 is 4.90. The highest BCUT2D eigenvalue weighted by Crippen LogP contribution is 2.26. The summed E-state index contributed by atoms with van der Waals surface area (Å²) >= 11 is 0. The molecular formula is C22H22N2O5. The molecule has 3 rings (SSSR count). The van der Waals surface area contributed by atoms with Gasteiger partial charge in [-0.2, -0.15) is 0 Å². The molecule has 7 heteroatoms. The number of amides is 3. The lowest BCUT2D eigenvalue weighted by molar-refractivity contribution is -0.149. The molecule has 1 heterocycles. The van der Waals surface area contributed by atoms with Crippen LogP contribution in [0.4, 0.5) is 0 Å². The van der Waals surface area contributed by atoms with Crippen LogP contribution in [0, 0.1) is 0 Å². The molecule has 0 bridgehead atoms. The third kappa shape index (κ3) is 4.18. The van der Waals surface area contributed by atoms with Crippen LogP contribution in [0.25, 0.3) is 0 Å². The first-order chi connectivity index (χ1) is 13.9. The molecule has 0 N–H and O–H groups in total. The molecule has 2 aromatic rings. The number of imide groups is 1. The van der Waals surface area contributed by atoms with Crippen molar-refractivity contribution in [2.45, 2.75) is 19.4 Å². The molecule has 1 atom stereocenters. The summed E-state index contributed by atoms with van der Waals surface area (Å²) in [4.78, 5) is 53.1. The molecular weight excluding hydrogens is 372 g/mol. The zero-order chi connectivity index (χ0) is 21.0. The number of esters is 1. The first-order valence-electron chi connectivity index (χ1n) is 9.35. The zero-order valence-electron chi connectivity index (χ0n) is 16.3. The van der Waals surface area contributed by atoms with Gasteiger partial charge in [-0.05, 0) is 24.6 Å². The van der Waals surface area contributed by atoms with Crippen LogP contribution in [0.2, 0.25) is 0 Å². The molecule has 0 saturated carbocycles. The fraction of sp³-hybridized carbons (Fsp3) is 0.273. The number of nitrogens with zero attached hydrogens (tertiary/aromatic N) is 2. The van der Waals surface area contributed by atoms with Crippen molar-refractivity contribution < 1.29 is 23.9 Å². The molecule has 0 aliphatic carbocycles. The maximum Gasteiger partial charge on any atom is 0.325 e. The molecule has 2 aromatic carbocycles. The Labute approximate surface area is 168 Å². The van der Waals surface area contributed by atoms with Gasteiger partial charge in [-0.3, -0.25) is 24.1 Å². The Balaban J connectivity index is 1.92. The SMILES string of the molecule is CCOC(=O)CN(C)C(=O)C(Cc1ccccc1)N1C(=O)c2ccccc2C1=O. The first-order valence-corrected chi connectivity index (χ1v) is 9.35. The molecule has 3 amide bonds. The van der Waals surface area contributed by atoms with Gasteiger partial charge < -0.3 is 9.64 Å². The molecule has 150 valence electrons. The van der Waals surface area contributed by atoms with E-state index in [1.807, 2.05) is 30.3 Å². The highest BCUT2D eigenvalue weighted by Gasteiger charge is 2.43. The van der Waals surface area contributed by atoms with Gasteiger partial charge in [0.25, 0.3) is 11.8 Å². The van der Waals surface area contributed by atoms with E-state index in [-0.39, 0.29) is 30.7 Å². The summed E-state index contributed by atoms with van der Waals surface area (Å²) in [6, 6.07) is 14.6. The molecule has 0 fully saturated rings. The van der Waals surface area contributed by atoms with Crippen molar-refractivity contribution in [2.75, 3.05) is 20.2 Å². The van der Waals surface area contributed by atoms with Crippen LogP contribution in [0.5, 0.6) is 0 Å². The van der Waals surface area contributed by atoms with E-state index in [9.17, 15) is 19.2 Å². The Morgan fingerprint density at radius 3 is 2.07 bits per heavy atom. The monoisotopic (exact) mass is 394 g/mol. The fourth-order valence-electron chi connectivity index (χ4n) is 3.35. The van der Waals surface area contributed by atoms with Crippen molar-refractivity contribution in [1.82, 2.24) is 9.80 Å². The van der Waals surface area contributed by atoms with Gasteiger partial charge in [0.05, 0.1) is 17.7 Å². The summed E-state index contributed by atoms with van der Waals surface area (Å²) in [7, 11) is 1.45. The van der Waals surface area contributed by atoms with Gasteiger partial charge in [-0.1, -0.05) is 42.5 Å².